The summed E-state index contributed by atoms with van der Waals surface area (Å²) in [6, 6.07) is 7.11. The number of likely N-dealkylation sites (N-methyl/N-ethyl adjacent to an activating group) is 1. The van der Waals surface area contributed by atoms with Crippen molar-refractivity contribution in [3.05, 3.63) is 24.3 Å². The Balaban J connectivity index is 2.04. The first-order valence-corrected chi connectivity index (χ1v) is 5.49. The van der Waals surface area contributed by atoms with Gasteiger partial charge in [-0.25, -0.2) is 0 Å². The smallest absolute Gasteiger partial charge is 0.267 e. The highest BCUT2D eigenvalue weighted by atomic mass is 16.6. The van der Waals surface area contributed by atoms with Crippen LogP contribution in [0.5, 0.6) is 11.5 Å². The molecule has 1 aromatic carbocycles. The van der Waals surface area contributed by atoms with Crippen molar-refractivity contribution in [3.8, 4) is 11.5 Å². The quantitative estimate of drug-likeness (QED) is 0.803. The summed E-state index contributed by atoms with van der Waals surface area (Å²) < 4.78 is 11.0. The van der Waals surface area contributed by atoms with Crippen molar-refractivity contribution in [2.75, 3.05) is 20.2 Å². The zero-order chi connectivity index (χ0) is 13.1. The molecular formula is C12H14N2O4. The number of amides is 2. The van der Waals surface area contributed by atoms with E-state index < -0.39 is 12.0 Å². The number of hydrogen-bond donors (Lipinski definition) is 1. The highest BCUT2D eigenvalue weighted by Crippen LogP contribution is 2.31. The summed E-state index contributed by atoms with van der Waals surface area (Å²) in [4.78, 5) is 23.9. The minimum Gasteiger partial charge on any atom is -0.485 e. The molecule has 0 saturated carbocycles. The Labute approximate surface area is 104 Å². The number of para-hydroxylation sites is 2. The molecule has 96 valence electrons. The van der Waals surface area contributed by atoms with Crippen molar-refractivity contribution in [2.24, 2.45) is 5.73 Å². The van der Waals surface area contributed by atoms with Crippen LogP contribution < -0.4 is 15.2 Å². The molecule has 6 nitrogen and oxygen atoms in total. The van der Waals surface area contributed by atoms with Gasteiger partial charge in [0.05, 0.1) is 6.54 Å². The molecule has 0 unspecified atom stereocenters. The van der Waals surface area contributed by atoms with Gasteiger partial charge in [-0.2, -0.15) is 0 Å². The number of carbonyl (C=O) groups excluding carboxylic acids is 2. The third-order valence-electron chi connectivity index (χ3n) is 2.55. The van der Waals surface area contributed by atoms with Gasteiger partial charge in [0.2, 0.25) is 12.0 Å². The lowest BCUT2D eigenvalue weighted by Crippen LogP contribution is -2.47. The molecule has 1 aliphatic heterocycles. The number of carbonyl (C=O) groups is 2. The fourth-order valence-electron chi connectivity index (χ4n) is 1.70. The second kappa shape index (κ2) is 4.95. The molecule has 0 saturated heterocycles. The molecule has 1 heterocycles. The van der Waals surface area contributed by atoms with E-state index in [4.69, 9.17) is 15.2 Å². The molecule has 0 aliphatic carbocycles. The molecule has 2 amide bonds. The van der Waals surface area contributed by atoms with Crippen LogP contribution in [-0.4, -0.2) is 43.0 Å². The average molecular weight is 250 g/mol. The molecule has 0 aromatic heterocycles. The van der Waals surface area contributed by atoms with Gasteiger partial charge in [0.25, 0.3) is 5.91 Å². The number of nitrogens with two attached hydrogens (primary N) is 1. The standard InChI is InChI=1S/C12H14N2O4/c1-14(6-11(13)15)12(16)10-7-17-8-4-2-3-5-9(8)18-10/h2-5,10H,6-7H2,1H3,(H2,13,15)/t10-/m1/s1. The zero-order valence-corrected chi connectivity index (χ0v) is 9.96. The Hall–Kier alpha value is -2.24. The number of hydrogen-bond acceptors (Lipinski definition) is 4. The number of rotatable bonds is 3. The van der Waals surface area contributed by atoms with Gasteiger partial charge < -0.3 is 20.1 Å². The lowest BCUT2D eigenvalue weighted by atomic mass is 10.2. The number of primary amides is 1. The summed E-state index contributed by atoms with van der Waals surface area (Å²) in [5.41, 5.74) is 5.03. The SMILES string of the molecule is CN(CC(N)=O)C(=O)[C@H]1COc2ccccc2O1. The van der Waals surface area contributed by atoms with E-state index in [9.17, 15) is 9.59 Å². The van der Waals surface area contributed by atoms with E-state index in [1.807, 2.05) is 6.07 Å². The Morgan fingerprint density at radius 2 is 2.06 bits per heavy atom. The highest BCUT2D eigenvalue weighted by molar-refractivity contribution is 5.86. The molecule has 1 aromatic rings. The van der Waals surface area contributed by atoms with E-state index in [-0.39, 0.29) is 19.1 Å². The summed E-state index contributed by atoms with van der Waals surface area (Å²) in [6.07, 6.45) is -0.746. The number of ether oxygens (including phenoxy) is 2. The van der Waals surface area contributed by atoms with Crippen LogP contribution in [0.4, 0.5) is 0 Å². The second-order valence-corrected chi connectivity index (χ2v) is 4.02. The van der Waals surface area contributed by atoms with Crippen molar-refractivity contribution >= 4 is 11.8 Å². The fourth-order valence-corrected chi connectivity index (χ4v) is 1.70. The maximum atomic E-state index is 12.0. The maximum Gasteiger partial charge on any atom is 0.267 e. The van der Waals surface area contributed by atoms with E-state index >= 15 is 0 Å². The van der Waals surface area contributed by atoms with Gasteiger partial charge in [0.15, 0.2) is 11.5 Å². The van der Waals surface area contributed by atoms with Gasteiger partial charge in [-0.15, -0.1) is 0 Å². The molecule has 1 atom stereocenters. The van der Waals surface area contributed by atoms with Crippen LogP contribution in [0, 0.1) is 0 Å². The Morgan fingerprint density at radius 3 is 2.72 bits per heavy atom. The molecule has 0 fully saturated rings. The topological polar surface area (TPSA) is 81.9 Å². The van der Waals surface area contributed by atoms with Gasteiger partial charge >= 0.3 is 0 Å². The van der Waals surface area contributed by atoms with Gasteiger partial charge in [-0.1, -0.05) is 12.1 Å². The normalized spacial score (nSPS) is 17.1. The molecule has 0 radical (unpaired) electrons. The van der Waals surface area contributed by atoms with E-state index in [0.717, 1.165) is 0 Å². The number of benzene rings is 1. The van der Waals surface area contributed by atoms with E-state index in [1.54, 1.807) is 18.2 Å². The van der Waals surface area contributed by atoms with Crippen LogP contribution in [0.3, 0.4) is 0 Å². The van der Waals surface area contributed by atoms with E-state index in [2.05, 4.69) is 0 Å². The van der Waals surface area contributed by atoms with Crippen LogP contribution in [0.1, 0.15) is 0 Å². The fraction of sp³-hybridized carbons (Fsp3) is 0.333. The summed E-state index contributed by atoms with van der Waals surface area (Å²) >= 11 is 0. The molecule has 0 bridgehead atoms. The highest BCUT2D eigenvalue weighted by Gasteiger charge is 2.29. The van der Waals surface area contributed by atoms with Crippen LogP contribution in [0.15, 0.2) is 24.3 Å². The van der Waals surface area contributed by atoms with Crippen molar-refractivity contribution in [1.29, 1.82) is 0 Å². The Bertz CT molecular complexity index is 475. The lowest BCUT2D eigenvalue weighted by molar-refractivity contribution is -0.142. The first kappa shape index (κ1) is 12.2. The first-order valence-electron chi connectivity index (χ1n) is 5.49. The third-order valence-corrected chi connectivity index (χ3v) is 2.55. The minimum atomic E-state index is -0.746. The molecule has 2 N–H and O–H groups in total. The summed E-state index contributed by atoms with van der Waals surface area (Å²) in [7, 11) is 1.50. The minimum absolute atomic E-state index is 0.124. The van der Waals surface area contributed by atoms with Gasteiger partial charge in [0.1, 0.15) is 6.61 Å². The first-order chi connectivity index (χ1) is 8.58. The predicted octanol–water partition coefficient (Wildman–Crippen LogP) is -0.230. The van der Waals surface area contributed by atoms with Crippen molar-refractivity contribution in [1.82, 2.24) is 4.90 Å². The average Bonchev–Trinajstić information content (AvgIpc) is 2.36. The van der Waals surface area contributed by atoms with Crippen LogP contribution in [0.2, 0.25) is 0 Å². The Morgan fingerprint density at radius 1 is 1.39 bits per heavy atom. The van der Waals surface area contributed by atoms with E-state index in [1.165, 1.54) is 11.9 Å². The molecule has 18 heavy (non-hydrogen) atoms. The Kier molecular flexibility index (Phi) is 3.36. The zero-order valence-electron chi connectivity index (χ0n) is 9.96. The largest absolute Gasteiger partial charge is 0.485 e. The van der Waals surface area contributed by atoms with E-state index in [0.29, 0.717) is 11.5 Å². The number of nitrogens with zero attached hydrogens (tertiary/aromatic N) is 1. The lowest BCUT2D eigenvalue weighted by Gasteiger charge is -2.28. The second-order valence-electron chi connectivity index (χ2n) is 4.02. The third kappa shape index (κ3) is 2.53. The maximum absolute atomic E-state index is 12.0. The van der Waals surface area contributed by atoms with Gasteiger partial charge in [0, 0.05) is 7.05 Å². The predicted molar refractivity (Wildman–Crippen MR) is 63.2 cm³/mol. The van der Waals surface area contributed by atoms with Crippen molar-refractivity contribution in [3.63, 3.8) is 0 Å². The number of fused-ring (bicyclic) bond motifs is 1. The van der Waals surface area contributed by atoms with Crippen molar-refractivity contribution < 1.29 is 19.1 Å². The summed E-state index contributed by atoms with van der Waals surface area (Å²) in [5, 5.41) is 0. The van der Waals surface area contributed by atoms with Gasteiger partial charge in [-0.05, 0) is 12.1 Å². The monoisotopic (exact) mass is 250 g/mol. The van der Waals surface area contributed by atoms with Crippen LogP contribution in [-0.2, 0) is 9.59 Å². The molecule has 2 rings (SSSR count). The molecular weight excluding hydrogens is 236 g/mol. The molecule has 0 spiro atoms. The van der Waals surface area contributed by atoms with Crippen LogP contribution >= 0.6 is 0 Å². The summed E-state index contributed by atoms with van der Waals surface area (Å²) in [6.45, 7) is -0.0146. The van der Waals surface area contributed by atoms with Gasteiger partial charge in [-0.3, -0.25) is 9.59 Å². The molecule has 1 aliphatic rings. The van der Waals surface area contributed by atoms with Crippen LogP contribution in [0.25, 0.3) is 0 Å². The van der Waals surface area contributed by atoms with Crippen molar-refractivity contribution in [2.45, 2.75) is 6.10 Å². The summed E-state index contributed by atoms with van der Waals surface area (Å²) in [5.74, 6) is 0.236. The molecule has 6 heteroatoms.